The van der Waals surface area contributed by atoms with E-state index in [1.807, 2.05) is 24.3 Å². The van der Waals surface area contributed by atoms with Crippen LogP contribution in [0.15, 0.2) is 24.3 Å². The third kappa shape index (κ3) is 4.71. The lowest BCUT2D eigenvalue weighted by Gasteiger charge is -2.22. The first kappa shape index (κ1) is 13.7. The summed E-state index contributed by atoms with van der Waals surface area (Å²) in [6.45, 7) is 4.62. The van der Waals surface area contributed by atoms with E-state index in [1.165, 1.54) is 45.3 Å². The summed E-state index contributed by atoms with van der Waals surface area (Å²) < 4.78 is 5.77. The minimum Gasteiger partial charge on any atom is -0.494 e. The van der Waals surface area contributed by atoms with Crippen LogP contribution in [0.25, 0.3) is 0 Å². The molecule has 2 N–H and O–H groups in total. The number of anilines is 1. The monoisotopic (exact) mass is 274 g/mol. The number of hydrogen-bond donors (Lipinski definition) is 1. The van der Waals surface area contributed by atoms with Gasteiger partial charge < -0.3 is 15.4 Å². The second kappa shape index (κ2) is 6.49. The molecule has 0 unspecified atom stereocenters. The van der Waals surface area contributed by atoms with Gasteiger partial charge in [-0.3, -0.25) is 0 Å². The van der Waals surface area contributed by atoms with E-state index in [1.54, 1.807) is 0 Å². The van der Waals surface area contributed by atoms with Crippen LogP contribution in [-0.4, -0.2) is 31.1 Å². The predicted molar refractivity (Wildman–Crippen MR) is 82.9 cm³/mol. The lowest BCUT2D eigenvalue weighted by Crippen LogP contribution is -2.30. The molecule has 2 aliphatic rings. The molecule has 2 saturated carbocycles. The minimum absolute atomic E-state index is 0.789. The Morgan fingerprint density at radius 2 is 1.60 bits per heavy atom. The van der Waals surface area contributed by atoms with Gasteiger partial charge in [0.05, 0.1) is 6.61 Å². The number of nitrogens with zero attached hydrogens (tertiary/aromatic N) is 1. The third-order valence-electron chi connectivity index (χ3n) is 4.19. The minimum atomic E-state index is 0.789. The zero-order valence-corrected chi connectivity index (χ0v) is 12.3. The lowest BCUT2D eigenvalue weighted by molar-refractivity contribution is 0.221. The molecule has 2 fully saturated rings. The fraction of sp³-hybridized carbons (Fsp3) is 0.647. The fourth-order valence-corrected chi connectivity index (χ4v) is 2.63. The van der Waals surface area contributed by atoms with Crippen molar-refractivity contribution in [2.24, 2.45) is 11.8 Å². The van der Waals surface area contributed by atoms with Gasteiger partial charge in [-0.25, -0.2) is 0 Å². The summed E-state index contributed by atoms with van der Waals surface area (Å²) in [5, 5.41) is 0. The molecule has 0 bridgehead atoms. The lowest BCUT2D eigenvalue weighted by atomic mass is 10.3. The maximum Gasteiger partial charge on any atom is 0.119 e. The van der Waals surface area contributed by atoms with Gasteiger partial charge in [0.1, 0.15) is 5.75 Å². The summed E-state index contributed by atoms with van der Waals surface area (Å²) in [5.74, 6) is 2.91. The summed E-state index contributed by atoms with van der Waals surface area (Å²) >= 11 is 0. The Morgan fingerprint density at radius 3 is 2.15 bits per heavy atom. The molecule has 0 saturated heterocycles. The largest absolute Gasteiger partial charge is 0.494 e. The second-order valence-corrected chi connectivity index (χ2v) is 6.42. The first-order chi connectivity index (χ1) is 9.79. The summed E-state index contributed by atoms with van der Waals surface area (Å²) in [6.07, 6.45) is 6.90. The van der Waals surface area contributed by atoms with Crippen molar-refractivity contribution in [2.75, 3.05) is 32.0 Å². The van der Waals surface area contributed by atoms with Gasteiger partial charge in [0.15, 0.2) is 0 Å². The molecule has 1 aromatic carbocycles. The Morgan fingerprint density at radius 1 is 1.00 bits per heavy atom. The van der Waals surface area contributed by atoms with Gasteiger partial charge in [-0.15, -0.1) is 0 Å². The Bertz CT molecular complexity index is 396. The number of ether oxygens (including phenoxy) is 1. The van der Waals surface area contributed by atoms with Crippen LogP contribution >= 0.6 is 0 Å². The van der Waals surface area contributed by atoms with Crippen molar-refractivity contribution in [1.29, 1.82) is 0 Å². The molecule has 0 heterocycles. The fourth-order valence-electron chi connectivity index (χ4n) is 2.63. The molecular formula is C17H26N2O. The van der Waals surface area contributed by atoms with Gasteiger partial charge >= 0.3 is 0 Å². The summed E-state index contributed by atoms with van der Waals surface area (Å²) in [6, 6.07) is 7.67. The average molecular weight is 274 g/mol. The number of nitrogens with two attached hydrogens (primary N) is 1. The zero-order chi connectivity index (χ0) is 13.8. The van der Waals surface area contributed by atoms with Crippen molar-refractivity contribution in [3.8, 4) is 5.75 Å². The van der Waals surface area contributed by atoms with Gasteiger partial charge in [0.2, 0.25) is 0 Å². The first-order valence-electron chi connectivity index (χ1n) is 8.00. The van der Waals surface area contributed by atoms with Crippen molar-refractivity contribution in [3.63, 3.8) is 0 Å². The van der Waals surface area contributed by atoms with Crippen molar-refractivity contribution >= 4 is 5.69 Å². The van der Waals surface area contributed by atoms with Crippen LogP contribution in [0.1, 0.15) is 32.1 Å². The highest BCUT2D eigenvalue weighted by atomic mass is 16.5. The van der Waals surface area contributed by atoms with Crippen LogP contribution in [-0.2, 0) is 0 Å². The summed E-state index contributed by atoms with van der Waals surface area (Å²) in [5.41, 5.74) is 6.45. The van der Waals surface area contributed by atoms with Crippen LogP contribution in [0.2, 0.25) is 0 Å². The van der Waals surface area contributed by atoms with Crippen LogP contribution in [0, 0.1) is 11.8 Å². The Labute approximate surface area is 122 Å². The Hall–Kier alpha value is -1.22. The molecule has 0 radical (unpaired) electrons. The summed E-state index contributed by atoms with van der Waals surface area (Å²) in [7, 11) is 0. The van der Waals surface area contributed by atoms with Crippen LogP contribution < -0.4 is 10.5 Å². The van der Waals surface area contributed by atoms with Crippen molar-refractivity contribution in [3.05, 3.63) is 24.3 Å². The first-order valence-corrected chi connectivity index (χ1v) is 8.00. The van der Waals surface area contributed by atoms with E-state index in [4.69, 9.17) is 10.5 Å². The number of rotatable bonds is 9. The van der Waals surface area contributed by atoms with E-state index >= 15 is 0 Å². The van der Waals surface area contributed by atoms with Crippen molar-refractivity contribution in [1.82, 2.24) is 4.90 Å². The van der Waals surface area contributed by atoms with Gasteiger partial charge in [0, 0.05) is 25.3 Å². The van der Waals surface area contributed by atoms with E-state index in [9.17, 15) is 0 Å². The highest BCUT2D eigenvalue weighted by Gasteiger charge is 2.28. The van der Waals surface area contributed by atoms with Crippen LogP contribution in [0.5, 0.6) is 5.75 Å². The predicted octanol–water partition coefficient (Wildman–Crippen LogP) is 3.16. The molecule has 0 atom stereocenters. The highest BCUT2D eigenvalue weighted by Crippen LogP contribution is 2.33. The van der Waals surface area contributed by atoms with E-state index in [0.717, 1.165) is 36.3 Å². The van der Waals surface area contributed by atoms with Gasteiger partial charge in [-0.2, -0.15) is 0 Å². The van der Waals surface area contributed by atoms with E-state index in [2.05, 4.69) is 4.90 Å². The molecule has 0 amide bonds. The molecule has 110 valence electrons. The van der Waals surface area contributed by atoms with Crippen molar-refractivity contribution < 1.29 is 4.74 Å². The SMILES string of the molecule is Nc1ccc(OCCCN(CC2CC2)CC2CC2)cc1. The van der Waals surface area contributed by atoms with Crippen LogP contribution in [0.4, 0.5) is 5.69 Å². The quantitative estimate of drug-likeness (QED) is 0.555. The van der Waals surface area contributed by atoms with Crippen LogP contribution in [0.3, 0.4) is 0 Å². The Kier molecular flexibility index (Phi) is 4.46. The van der Waals surface area contributed by atoms with E-state index in [-0.39, 0.29) is 0 Å². The highest BCUT2D eigenvalue weighted by molar-refractivity contribution is 5.41. The Balaban J connectivity index is 1.34. The molecule has 0 aliphatic heterocycles. The maximum absolute atomic E-state index is 5.77. The normalized spacial score (nSPS) is 18.4. The molecule has 1 aromatic rings. The summed E-state index contributed by atoms with van der Waals surface area (Å²) in [4.78, 5) is 2.67. The van der Waals surface area contributed by atoms with Crippen molar-refractivity contribution in [2.45, 2.75) is 32.1 Å². The van der Waals surface area contributed by atoms with E-state index < -0.39 is 0 Å². The maximum atomic E-state index is 5.77. The third-order valence-corrected chi connectivity index (χ3v) is 4.19. The smallest absolute Gasteiger partial charge is 0.119 e. The average Bonchev–Trinajstić information content (AvgIpc) is 3.32. The molecule has 3 heteroatoms. The molecule has 0 spiro atoms. The second-order valence-electron chi connectivity index (χ2n) is 6.42. The van der Waals surface area contributed by atoms with Gasteiger partial charge in [-0.05, 0) is 68.2 Å². The molecule has 2 aliphatic carbocycles. The number of benzene rings is 1. The molecular weight excluding hydrogens is 248 g/mol. The molecule has 0 aromatic heterocycles. The van der Waals surface area contributed by atoms with E-state index in [0.29, 0.717) is 0 Å². The molecule has 20 heavy (non-hydrogen) atoms. The standard InChI is InChI=1S/C17H26N2O/c18-16-6-8-17(9-7-16)20-11-1-10-19(12-14-2-3-14)13-15-4-5-15/h6-9,14-15H,1-5,10-13,18H2. The molecule has 3 rings (SSSR count). The van der Waals surface area contributed by atoms with Gasteiger partial charge in [0.25, 0.3) is 0 Å². The number of nitrogen functional groups attached to an aromatic ring is 1. The topological polar surface area (TPSA) is 38.5 Å². The zero-order valence-electron chi connectivity index (χ0n) is 12.3. The van der Waals surface area contributed by atoms with Gasteiger partial charge in [-0.1, -0.05) is 0 Å². The molecule has 3 nitrogen and oxygen atoms in total. The number of hydrogen-bond acceptors (Lipinski definition) is 3.